The zero-order valence-corrected chi connectivity index (χ0v) is 12.9. The lowest BCUT2D eigenvalue weighted by Gasteiger charge is -2.20. The summed E-state index contributed by atoms with van der Waals surface area (Å²) in [7, 11) is 0. The molecule has 1 rings (SSSR count). The van der Waals surface area contributed by atoms with Crippen molar-refractivity contribution in [2.45, 2.75) is 46.5 Å². The van der Waals surface area contributed by atoms with Crippen molar-refractivity contribution in [1.29, 1.82) is 0 Å². The maximum atomic E-state index is 11.9. The molecule has 108 valence electrons. The smallest absolute Gasteiger partial charge is 0.240 e. The second-order valence-corrected chi connectivity index (χ2v) is 5.84. The van der Waals surface area contributed by atoms with Gasteiger partial charge < -0.3 is 0 Å². The lowest BCUT2D eigenvalue weighted by molar-refractivity contribution is -0.117. The molecule has 1 aromatic rings. The van der Waals surface area contributed by atoms with E-state index in [0.29, 0.717) is 11.7 Å². The van der Waals surface area contributed by atoms with E-state index in [9.17, 15) is 4.79 Å². The first kappa shape index (κ1) is 16.0. The maximum Gasteiger partial charge on any atom is 0.240 e. The van der Waals surface area contributed by atoms with Gasteiger partial charge in [-0.1, -0.05) is 38.0 Å². The van der Waals surface area contributed by atoms with Crippen LogP contribution in [0.5, 0.6) is 0 Å². The molecule has 0 aliphatic rings. The molecule has 0 aliphatic carbocycles. The third-order valence-corrected chi connectivity index (χ3v) is 3.55. The Balaban J connectivity index is 2.40. The molecular weight excluding hydrogens is 260 g/mol. The van der Waals surface area contributed by atoms with Gasteiger partial charge in [-0.25, -0.2) is 0 Å². The van der Waals surface area contributed by atoms with E-state index in [4.69, 9.17) is 0 Å². The van der Waals surface area contributed by atoms with E-state index in [1.165, 1.54) is 11.3 Å². The van der Waals surface area contributed by atoms with E-state index in [2.05, 4.69) is 34.3 Å². The summed E-state index contributed by atoms with van der Waals surface area (Å²) >= 11 is 1.41. The van der Waals surface area contributed by atoms with Crippen LogP contribution in [-0.4, -0.2) is 40.6 Å². The number of nitrogens with one attached hydrogen (secondary N) is 1. The second-order valence-electron chi connectivity index (χ2n) is 4.66. The highest BCUT2D eigenvalue weighted by Gasteiger charge is 2.11. The molecule has 19 heavy (non-hydrogen) atoms. The van der Waals surface area contributed by atoms with E-state index < -0.39 is 0 Å². The van der Waals surface area contributed by atoms with E-state index in [1.54, 1.807) is 0 Å². The Morgan fingerprint density at radius 2 is 1.84 bits per heavy atom. The van der Waals surface area contributed by atoms with Gasteiger partial charge in [0.05, 0.1) is 6.54 Å². The number of carbonyl (C=O) groups excluding carboxylic acids is 1. The summed E-state index contributed by atoms with van der Waals surface area (Å²) in [5.41, 5.74) is 0. The van der Waals surface area contributed by atoms with Gasteiger partial charge in [-0.15, -0.1) is 10.2 Å². The van der Waals surface area contributed by atoms with Crippen molar-refractivity contribution in [3.05, 3.63) is 5.01 Å². The second kappa shape index (κ2) is 8.98. The van der Waals surface area contributed by atoms with Crippen molar-refractivity contribution >= 4 is 22.4 Å². The minimum absolute atomic E-state index is 0.00311. The van der Waals surface area contributed by atoms with Gasteiger partial charge in [0, 0.05) is 0 Å². The molecule has 0 aliphatic heterocycles. The van der Waals surface area contributed by atoms with E-state index in [-0.39, 0.29) is 5.91 Å². The summed E-state index contributed by atoms with van der Waals surface area (Å²) in [6.07, 6.45) is 4.57. The van der Waals surface area contributed by atoms with Crippen LogP contribution in [0.2, 0.25) is 0 Å². The molecule has 6 heteroatoms. The standard InChI is InChI=1S/C13H24N4OS/c1-4-6-8-17(9-7-5-2)10-12(18)14-13-16-15-11(3)19-13/h4-10H2,1-3H3,(H,14,16,18). The zero-order chi connectivity index (χ0) is 14.1. The highest BCUT2D eigenvalue weighted by atomic mass is 32.1. The van der Waals surface area contributed by atoms with Gasteiger partial charge in [-0.3, -0.25) is 15.0 Å². The first-order valence-corrected chi connectivity index (χ1v) is 7.79. The van der Waals surface area contributed by atoms with Gasteiger partial charge in [0.15, 0.2) is 0 Å². The van der Waals surface area contributed by atoms with E-state index in [1.807, 2.05) is 6.92 Å². The number of unbranched alkanes of at least 4 members (excludes halogenated alkanes) is 2. The quantitative estimate of drug-likeness (QED) is 0.757. The predicted molar refractivity (Wildman–Crippen MR) is 79.5 cm³/mol. The van der Waals surface area contributed by atoms with E-state index in [0.717, 1.165) is 43.8 Å². The van der Waals surface area contributed by atoms with Crippen LogP contribution in [0.25, 0.3) is 0 Å². The van der Waals surface area contributed by atoms with Crippen LogP contribution >= 0.6 is 11.3 Å². The number of hydrogen-bond donors (Lipinski definition) is 1. The molecule has 0 radical (unpaired) electrons. The molecule has 0 spiro atoms. The number of amides is 1. The van der Waals surface area contributed by atoms with Gasteiger partial charge in [-0.2, -0.15) is 0 Å². The van der Waals surface area contributed by atoms with Crippen molar-refractivity contribution < 1.29 is 4.79 Å². The first-order valence-electron chi connectivity index (χ1n) is 6.98. The SMILES string of the molecule is CCCCN(CCCC)CC(=O)Nc1nnc(C)s1. The number of rotatable bonds is 9. The van der Waals surface area contributed by atoms with Crippen molar-refractivity contribution in [1.82, 2.24) is 15.1 Å². The normalized spacial score (nSPS) is 10.9. The Morgan fingerprint density at radius 3 is 2.32 bits per heavy atom. The van der Waals surface area contributed by atoms with Crippen LogP contribution in [0, 0.1) is 6.92 Å². The topological polar surface area (TPSA) is 58.1 Å². The van der Waals surface area contributed by atoms with Crippen molar-refractivity contribution in [2.75, 3.05) is 25.0 Å². The number of nitrogens with zero attached hydrogens (tertiary/aromatic N) is 3. The average molecular weight is 284 g/mol. The Morgan fingerprint density at radius 1 is 1.21 bits per heavy atom. The summed E-state index contributed by atoms with van der Waals surface area (Å²) in [5.74, 6) is 0.00311. The van der Waals surface area contributed by atoms with Crippen LogP contribution < -0.4 is 5.32 Å². The van der Waals surface area contributed by atoms with Gasteiger partial charge in [0.2, 0.25) is 11.0 Å². The minimum atomic E-state index is 0.00311. The van der Waals surface area contributed by atoms with Gasteiger partial charge in [0.1, 0.15) is 5.01 Å². The lowest BCUT2D eigenvalue weighted by atomic mass is 10.2. The number of aryl methyl sites for hydroxylation is 1. The molecule has 0 bridgehead atoms. The van der Waals surface area contributed by atoms with Crippen molar-refractivity contribution in [3.63, 3.8) is 0 Å². The molecular formula is C13H24N4OS. The van der Waals surface area contributed by atoms with Crippen LogP contribution in [-0.2, 0) is 4.79 Å². The molecule has 0 atom stereocenters. The maximum absolute atomic E-state index is 11.9. The largest absolute Gasteiger partial charge is 0.299 e. The van der Waals surface area contributed by atoms with Crippen LogP contribution in [0.1, 0.15) is 44.5 Å². The third kappa shape index (κ3) is 6.63. The predicted octanol–water partition coefficient (Wildman–Crippen LogP) is 2.69. The Kier molecular flexibility index (Phi) is 7.59. The number of aromatic nitrogens is 2. The van der Waals surface area contributed by atoms with Crippen LogP contribution in [0.4, 0.5) is 5.13 Å². The molecule has 0 aromatic carbocycles. The average Bonchev–Trinajstić information content (AvgIpc) is 2.78. The zero-order valence-electron chi connectivity index (χ0n) is 12.1. The van der Waals surface area contributed by atoms with Crippen molar-refractivity contribution in [3.8, 4) is 0 Å². The van der Waals surface area contributed by atoms with Gasteiger partial charge >= 0.3 is 0 Å². The molecule has 0 saturated carbocycles. The summed E-state index contributed by atoms with van der Waals surface area (Å²) in [6.45, 7) is 8.63. The first-order chi connectivity index (χ1) is 9.15. The molecule has 1 heterocycles. The van der Waals surface area contributed by atoms with Gasteiger partial charge in [-0.05, 0) is 32.9 Å². The summed E-state index contributed by atoms with van der Waals surface area (Å²) in [5, 5.41) is 12.1. The van der Waals surface area contributed by atoms with Crippen LogP contribution in [0.15, 0.2) is 0 Å². The highest BCUT2D eigenvalue weighted by Crippen LogP contribution is 2.13. The summed E-state index contributed by atoms with van der Waals surface area (Å²) in [6, 6.07) is 0. The highest BCUT2D eigenvalue weighted by molar-refractivity contribution is 7.15. The lowest BCUT2D eigenvalue weighted by Crippen LogP contribution is -2.34. The molecule has 0 fully saturated rings. The summed E-state index contributed by atoms with van der Waals surface area (Å²) < 4.78 is 0. The fourth-order valence-electron chi connectivity index (χ4n) is 1.74. The molecule has 1 N–H and O–H groups in total. The van der Waals surface area contributed by atoms with Crippen molar-refractivity contribution in [2.24, 2.45) is 0 Å². The Labute approximate surface area is 119 Å². The molecule has 1 amide bonds. The minimum Gasteiger partial charge on any atom is -0.299 e. The Hall–Kier alpha value is -1.01. The monoisotopic (exact) mass is 284 g/mol. The number of hydrogen-bond acceptors (Lipinski definition) is 5. The molecule has 1 aromatic heterocycles. The fourth-order valence-corrected chi connectivity index (χ4v) is 2.35. The van der Waals surface area contributed by atoms with Gasteiger partial charge in [0.25, 0.3) is 0 Å². The van der Waals surface area contributed by atoms with Crippen LogP contribution in [0.3, 0.4) is 0 Å². The number of carbonyl (C=O) groups is 1. The Bertz CT molecular complexity index is 372. The summed E-state index contributed by atoms with van der Waals surface area (Å²) in [4.78, 5) is 14.2. The molecule has 0 unspecified atom stereocenters. The molecule has 0 saturated heterocycles. The molecule has 5 nitrogen and oxygen atoms in total. The number of anilines is 1. The third-order valence-electron chi connectivity index (χ3n) is 2.80. The fraction of sp³-hybridized carbons (Fsp3) is 0.769. The van der Waals surface area contributed by atoms with E-state index >= 15 is 0 Å².